The number of allylic oxidation sites excluding steroid dienone is 1. The van der Waals surface area contributed by atoms with Gasteiger partial charge in [-0.15, -0.1) is 0 Å². The van der Waals surface area contributed by atoms with Crippen molar-refractivity contribution in [3.8, 4) is 11.8 Å². The lowest BCUT2D eigenvalue weighted by Gasteiger charge is -2.09. The summed E-state index contributed by atoms with van der Waals surface area (Å²) in [7, 11) is 0. The van der Waals surface area contributed by atoms with Crippen LogP contribution in [0.2, 0.25) is 5.02 Å². The zero-order valence-corrected chi connectivity index (χ0v) is 18.9. The number of anilines is 1. The topological polar surface area (TPSA) is 90.8 Å². The van der Waals surface area contributed by atoms with E-state index in [0.717, 1.165) is 21.1 Å². The van der Waals surface area contributed by atoms with Gasteiger partial charge in [-0.1, -0.05) is 51.8 Å². The van der Waals surface area contributed by atoms with Gasteiger partial charge in [0.25, 0.3) is 5.91 Å². The number of aromatic amines is 1. The van der Waals surface area contributed by atoms with Crippen molar-refractivity contribution in [1.82, 2.24) is 9.97 Å². The van der Waals surface area contributed by atoms with E-state index in [1.165, 1.54) is 0 Å². The summed E-state index contributed by atoms with van der Waals surface area (Å²) in [5.74, 6) is 0.716. The maximum absolute atomic E-state index is 12.1. The Morgan fingerprint density at radius 2 is 1.97 bits per heavy atom. The second-order valence-electron chi connectivity index (χ2n) is 6.80. The van der Waals surface area contributed by atoms with Crippen molar-refractivity contribution in [3.63, 3.8) is 0 Å². The van der Waals surface area contributed by atoms with Crippen molar-refractivity contribution in [1.29, 1.82) is 5.26 Å². The number of carbonyl (C=O) groups excluding carboxylic acids is 1. The molecule has 0 radical (unpaired) electrons. The summed E-state index contributed by atoms with van der Waals surface area (Å²) in [5, 5.41) is 12.7. The summed E-state index contributed by atoms with van der Waals surface area (Å²) in [6.07, 6.45) is 1.74. The molecular weight excluding hydrogens is 492 g/mol. The Balaban J connectivity index is 1.40. The molecule has 0 saturated heterocycles. The molecule has 0 saturated carbocycles. The second kappa shape index (κ2) is 9.69. The number of rotatable bonds is 6. The van der Waals surface area contributed by atoms with Crippen molar-refractivity contribution in [3.05, 3.63) is 87.6 Å². The number of fused-ring (bicyclic) bond motifs is 1. The number of carbonyl (C=O) groups is 1. The molecule has 4 aromatic rings. The fourth-order valence-electron chi connectivity index (χ4n) is 2.99. The molecule has 6 nitrogen and oxygen atoms in total. The molecule has 3 aromatic carbocycles. The number of nitrogens with one attached hydrogen (secondary N) is 2. The number of ether oxygens (including phenoxy) is 1. The lowest BCUT2D eigenvalue weighted by molar-refractivity contribution is -0.118. The highest BCUT2D eigenvalue weighted by molar-refractivity contribution is 9.10. The van der Waals surface area contributed by atoms with E-state index < -0.39 is 0 Å². The van der Waals surface area contributed by atoms with Crippen LogP contribution in [0.25, 0.3) is 22.7 Å². The van der Waals surface area contributed by atoms with Crippen LogP contribution in [0.4, 0.5) is 5.69 Å². The standard InChI is InChI=1S/C24H16BrClN4O2/c25-17-7-10-20(19(26)12-17)28-23(31)14-32-18-8-5-15(6-9-18)11-16(13-27)24-29-21-3-1-2-4-22(21)30-24/h1-12H,14H2,(H,28,31)(H,29,30)/b16-11+. The maximum atomic E-state index is 12.1. The average Bonchev–Trinajstić information content (AvgIpc) is 3.23. The van der Waals surface area contributed by atoms with Gasteiger partial charge in [-0.2, -0.15) is 5.26 Å². The van der Waals surface area contributed by atoms with Gasteiger partial charge >= 0.3 is 0 Å². The molecule has 8 heteroatoms. The van der Waals surface area contributed by atoms with Crippen molar-refractivity contribution in [2.75, 3.05) is 11.9 Å². The van der Waals surface area contributed by atoms with E-state index in [1.54, 1.807) is 48.5 Å². The first-order valence-corrected chi connectivity index (χ1v) is 10.7. The molecule has 2 N–H and O–H groups in total. The van der Waals surface area contributed by atoms with Crippen LogP contribution in [0.5, 0.6) is 5.75 Å². The van der Waals surface area contributed by atoms with Gasteiger partial charge in [0.15, 0.2) is 6.61 Å². The number of amides is 1. The summed E-state index contributed by atoms with van der Waals surface area (Å²) in [4.78, 5) is 19.8. The SMILES string of the molecule is N#C/C(=C\c1ccc(OCC(=O)Nc2ccc(Br)cc2Cl)cc1)c1nc2ccccc2[nH]1. The molecule has 1 amide bonds. The minimum Gasteiger partial charge on any atom is -0.484 e. The molecule has 158 valence electrons. The summed E-state index contributed by atoms with van der Waals surface area (Å²) in [6, 6.07) is 22.1. The zero-order valence-electron chi connectivity index (χ0n) is 16.6. The van der Waals surface area contributed by atoms with E-state index in [9.17, 15) is 10.1 Å². The average molecular weight is 508 g/mol. The number of H-pyrrole nitrogens is 1. The van der Waals surface area contributed by atoms with Crippen molar-refractivity contribution < 1.29 is 9.53 Å². The van der Waals surface area contributed by atoms with Crippen molar-refractivity contribution in [2.45, 2.75) is 0 Å². The number of halogens is 2. The highest BCUT2D eigenvalue weighted by Gasteiger charge is 2.09. The van der Waals surface area contributed by atoms with Crippen LogP contribution >= 0.6 is 27.5 Å². The number of imidazole rings is 1. The Morgan fingerprint density at radius 3 is 2.69 bits per heavy atom. The van der Waals surface area contributed by atoms with Gasteiger partial charge in [-0.3, -0.25) is 4.79 Å². The molecule has 1 heterocycles. The lowest BCUT2D eigenvalue weighted by atomic mass is 10.1. The fraction of sp³-hybridized carbons (Fsp3) is 0.0417. The van der Waals surface area contributed by atoms with Gasteiger partial charge in [-0.25, -0.2) is 4.98 Å². The molecule has 0 aliphatic carbocycles. The largest absolute Gasteiger partial charge is 0.484 e. The van der Waals surface area contributed by atoms with Crippen LogP contribution in [0.1, 0.15) is 11.4 Å². The van der Waals surface area contributed by atoms with Crippen LogP contribution in [0, 0.1) is 11.3 Å². The third-order valence-corrected chi connectivity index (χ3v) is 5.34. The van der Waals surface area contributed by atoms with Gasteiger partial charge < -0.3 is 15.0 Å². The van der Waals surface area contributed by atoms with Gasteiger partial charge in [0.05, 0.1) is 27.3 Å². The van der Waals surface area contributed by atoms with E-state index in [0.29, 0.717) is 27.9 Å². The van der Waals surface area contributed by atoms with E-state index in [4.69, 9.17) is 16.3 Å². The number of nitrogens with zero attached hydrogens (tertiary/aromatic N) is 2. The first-order chi connectivity index (χ1) is 15.5. The smallest absolute Gasteiger partial charge is 0.262 e. The molecule has 4 rings (SSSR count). The third kappa shape index (κ3) is 5.17. The molecular formula is C24H16BrClN4O2. The normalized spacial score (nSPS) is 11.2. The molecule has 0 fully saturated rings. The Morgan fingerprint density at radius 1 is 1.19 bits per heavy atom. The Labute approximate surface area is 197 Å². The van der Waals surface area contributed by atoms with Crippen LogP contribution < -0.4 is 10.1 Å². The highest BCUT2D eigenvalue weighted by Crippen LogP contribution is 2.26. The van der Waals surface area contributed by atoms with Gasteiger partial charge in [0, 0.05) is 4.47 Å². The highest BCUT2D eigenvalue weighted by atomic mass is 79.9. The number of aromatic nitrogens is 2. The third-order valence-electron chi connectivity index (χ3n) is 4.53. The molecule has 0 bridgehead atoms. The predicted octanol–water partition coefficient (Wildman–Crippen LogP) is 6.06. The van der Waals surface area contributed by atoms with E-state index in [1.807, 2.05) is 24.3 Å². The predicted molar refractivity (Wildman–Crippen MR) is 129 cm³/mol. The fourth-order valence-corrected chi connectivity index (χ4v) is 3.71. The number of hydrogen-bond acceptors (Lipinski definition) is 4. The zero-order chi connectivity index (χ0) is 22.5. The second-order valence-corrected chi connectivity index (χ2v) is 8.13. The summed E-state index contributed by atoms with van der Waals surface area (Å²) < 4.78 is 6.37. The molecule has 0 unspecified atom stereocenters. The first kappa shape index (κ1) is 21.6. The summed E-state index contributed by atoms with van der Waals surface area (Å²) in [5.41, 5.74) is 3.41. The van der Waals surface area contributed by atoms with Crippen LogP contribution in [-0.4, -0.2) is 22.5 Å². The maximum Gasteiger partial charge on any atom is 0.262 e. The minimum atomic E-state index is -0.324. The molecule has 32 heavy (non-hydrogen) atoms. The van der Waals surface area contributed by atoms with Crippen LogP contribution in [0.15, 0.2) is 71.2 Å². The lowest BCUT2D eigenvalue weighted by Crippen LogP contribution is -2.20. The van der Waals surface area contributed by atoms with Crippen molar-refractivity contribution in [2.24, 2.45) is 0 Å². The summed E-state index contributed by atoms with van der Waals surface area (Å²) >= 11 is 9.43. The number of nitriles is 1. The Bertz CT molecular complexity index is 1320. The molecule has 0 spiro atoms. The molecule has 0 aliphatic rings. The van der Waals surface area contributed by atoms with Crippen LogP contribution in [-0.2, 0) is 4.79 Å². The van der Waals surface area contributed by atoms with Gasteiger partial charge in [0.1, 0.15) is 17.6 Å². The van der Waals surface area contributed by atoms with Gasteiger partial charge in [-0.05, 0) is 54.1 Å². The Kier molecular flexibility index (Phi) is 6.55. The number of hydrogen-bond donors (Lipinski definition) is 2. The van der Waals surface area contributed by atoms with Crippen molar-refractivity contribution >= 4 is 61.8 Å². The quantitative estimate of drug-likeness (QED) is 0.310. The van der Waals surface area contributed by atoms with E-state index >= 15 is 0 Å². The first-order valence-electron chi connectivity index (χ1n) is 9.56. The Hall–Kier alpha value is -3.60. The monoisotopic (exact) mass is 506 g/mol. The molecule has 1 aromatic heterocycles. The molecule has 0 aliphatic heterocycles. The van der Waals surface area contributed by atoms with Gasteiger partial charge in [0.2, 0.25) is 0 Å². The minimum absolute atomic E-state index is 0.163. The van der Waals surface area contributed by atoms with E-state index in [2.05, 4.69) is 37.3 Å². The number of benzene rings is 3. The summed E-state index contributed by atoms with van der Waals surface area (Å²) in [6.45, 7) is -0.163. The van der Waals surface area contributed by atoms with E-state index in [-0.39, 0.29) is 12.5 Å². The number of para-hydroxylation sites is 2. The van der Waals surface area contributed by atoms with Crippen LogP contribution in [0.3, 0.4) is 0 Å². The molecule has 0 atom stereocenters.